The highest BCUT2D eigenvalue weighted by atomic mass is 28.3. The molecule has 0 radical (unpaired) electrons. The van der Waals surface area contributed by atoms with Crippen LogP contribution in [0.15, 0.2) is 158 Å². The van der Waals surface area contributed by atoms with E-state index in [1.54, 1.807) is 0 Å². The average molecular weight is 614 g/mol. The van der Waals surface area contributed by atoms with Crippen molar-refractivity contribution in [3.8, 4) is 67.5 Å². The van der Waals surface area contributed by atoms with Crippen LogP contribution in [-0.4, -0.2) is 23.0 Å². The smallest absolute Gasteiger partial charge is 0.164 e. The first-order valence-corrected chi connectivity index (χ1v) is 18.9. The van der Waals surface area contributed by atoms with Crippen LogP contribution in [0.4, 0.5) is 0 Å². The number of hydrogen-bond acceptors (Lipinski definition) is 3. The highest BCUT2D eigenvalue weighted by Crippen LogP contribution is 2.31. The summed E-state index contributed by atoms with van der Waals surface area (Å²) in [7, 11) is -1.53. The summed E-state index contributed by atoms with van der Waals surface area (Å²) >= 11 is 0. The summed E-state index contributed by atoms with van der Waals surface area (Å²) in [6, 6.07) is 43.0. The summed E-state index contributed by atoms with van der Waals surface area (Å²) in [5, 5.41) is 1.28. The molecule has 0 aliphatic heterocycles. The molecular weight excluding hydrogens is 575 g/mol. The van der Waals surface area contributed by atoms with E-state index in [1.807, 2.05) is 121 Å². The van der Waals surface area contributed by atoms with Crippen LogP contribution in [0.3, 0.4) is 0 Å². The third kappa shape index (κ3) is 6.34. The molecular formula is C42H35N3Si. The van der Waals surface area contributed by atoms with E-state index in [4.69, 9.17) is 20.4 Å². The minimum atomic E-state index is -1.53. The summed E-state index contributed by atoms with van der Waals surface area (Å²) in [6.07, 6.45) is 0. The van der Waals surface area contributed by atoms with E-state index in [1.165, 1.54) is 5.19 Å². The fourth-order valence-corrected chi connectivity index (χ4v) is 6.53. The van der Waals surface area contributed by atoms with Crippen molar-refractivity contribution in [3.05, 3.63) is 158 Å². The lowest BCUT2D eigenvalue weighted by atomic mass is 9.96. The van der Waals surface area contributed by atoms with E-state index in [0.29, 0.717) is 34.2 Å². The van der Waals surface area contributed by atoms with Gasteiger partial charge in [0.15, 0.2) is 17.5 Å². The summed E-state index contributed by atoms with van der Waals surface area (Å²) in [5.41, 5.74) is 6.27. The first kappa shape index (κ1) is 24.8. The van der Waals surface area contributed by atoms with Gasteiger partial charge in [0, 0.05) is 16.7 Å². The highest BCUT2D eigenvalue weighted by molar-refractivity contribution is 6.88. The Morgan fingerprint density at radius 3 is 1.22 bits per heavy atom. The molecule has 7 rings (SSSR count). The zero-order valence-corrected chi connectivity index (χ0v) is 27.0. The van der Waals surface area contributed by atoms with E-state index in [0.717, 1.165) is 27.8 Å². The van der Waals surface area contributed by atoms with Crippen LogP contribution in [0.5, 0.6) is 0 Å². The second-order valence-electron chi connectivity index (χ2n) is 12.3. The third-order valence-electron chi connectivity index (χ3n) is 7.97. The highest BCUT2D eigenvalue weighted by Gasteiger charge is 2.16. The average Bonchev–Trinajstić information content (AvgIpc) is 3.15. The molecule has 0 bridgehead atoms. The van der Waals surface area contributed by atoms with Gasteiger partial charge in [-0.05, 0) is 45.5 Å². The van der Waals surface area contributed by atoms with Gasteiger partial charge in [-0.15, -0.1) is 0 Å². The summed E-state index contributed by atoms with van der Waals surface area (Å²) in [4.78, 5) is 14.6. The van der Waals surface area contributed by atoms with Crippen molar-refractivity contribution in [1.82, 2.24) is 15.0 Å². The Kier molecular flexibility index (Phi) is 6.75. The van der Waals surface area contributed by atoms with Crippen LogP contribution in [0.1, 0.15) is 5.48 Å². The molecule has 0 atom stereocenters. The zero-order chi connectivity index (χ0) is 35.0. The molecule has 4 heteroatoms. The summed E-state index contributed by atoms with van der Waals surface area (Å²) in [6.45, 7) is 6.81. The maximum Gasteiger partial charge on any atom is 0.164 e. The Hall–Kier alpha value is -5.45. The second kappa shape index (κ2) is 12.5. The van der Waals surface area contributed by atoms with Gasteiger partial charge in [-0.2, -0.15) is 0 Å². The maximum atomic E-state index is 9.00. The molecule has 0 aliphatic rings. The predicted octanol–water partition coefficient (Wildman–Crippen LogP) is 10.4. The van der Waals surface area contributed by atoms with Crippen molar-refractivity contribution < 1.29 is 5.48 Å². The molecule has 0 saturated heterocycles. The number of hydrogen-bond donors (Lipinski definition) is 0. The molecule has 0 amide bonds. The van der Waals surface area contributed by atoms with Crippen molar-refractivity contribution in [1.29, 1.82) is 0 Å². The van der Waals surface area contributed by atoms with Crippen LogP contribution >= 0.6 is 0 Å². The minimum absolute atomic E-state index is 0.0487. The first-order chi connectivity index (χ1) is 24.1. The van der Waals surface area contributed by atoms with Crippen LogP contribution in [-0.2, 0) is 0 Å². The molecule has 6 aromatic carbocycles. The van der Waals surface area contributed by atoms with E-state index in [2.05, 4.69) is 31.8 Å². The molecule has 0 N–H and O–H groups in total. The standard InChI is InChI=1S/C42H35N3Si/c1-46(2,3)39-26-24-31(25-27-39)30-20-22-32(23-21-30)35-16-10-17-36(28-35)37-18-11-19-38(29-37)42-44-40(33-12-6-4-7-13-33)43-41(45-42)34-14-8-5-9-15-34/h4-29H,1-3H3/i20D,21D,22D,23D. The van der Waals surface area contributed by atoms with Gasteiger partial charge in [-0.25, -0.2) is 15.0 Å². The fourth-order valence-electron chi connectivity index (χ4n) is 5.37. The van der Waals surface area contributed by atoms with Crippen LogP contribution in [0.25, 0.3) is 67.5 Å². The number of aromatic nitrogens is 3. The number of nitrogens with zero attached hydrogens (tertiary/aromatic N) is 3. The van der Waals surface area contributed by atoms with E-state index in [-0.39, 0.29) is 29.7 Å². The number of rotatable bonds is 7. The molecule has 46 heavy (non-hydrogen) atoms. The predicted molar refractivity (Wildman–Crippen MR) is 195 cm³/mol. The molecule has 0 saturated carbocycles. The van der Waals surface area contributed by atoms with Crippen LogP contribution in [0, 0.1) is 0 Å². The Morgan fingerprint density at radius 1 is 0.370 bits per heavy atom. The quantitative estimate of drug-likeness (QED) is 0.168. The summed E-state index contributed by atoms with van der Waals surface area (Å²) < 4.78 is 35.9. The van der Waals surface area contributed by atoms with Crippen molar-refractivity contribution >= 4 is 13.3 Å². The van der Waals surface area contributed by atoms with E-state index >= 15 is 0 Å². The lowest BCUT2D eigenvalue weighted by Gasteiger charge is -2.16. The van der Waals surface area contributed by atoms with Gasteiger partial charge >= 0.3 is 0 Å². The third-order valence-corrected chi connectivity index (χ3v) is 10.0. The molecule has 0 unspecified atom stereocenters. The van der Waals surface area contributed by atoms with E-state index < -0.39 is 8.07 Å². The van der Waals surface area contributed by atoms with Gasteiger partial charge in [-0.3, -0.25) is 0 Å². The minimum Gasteiger partial charge on any atom is -0.208 e. The SMILES string of the molecule is [2H]c1c([2H])c(-c2cccc(-c3cccc(-c4nc(-c5ccccc5)nc(-c5ccccc5)n4)c3)c2)c([2H])c([2H])c1-c1ccc([Si](C)(C)C)cc1. The van der Waals surface area contributed by atoms with Gasteiger partial charge in [0.2, 0.25) is 0 Å². The summed E-state index contributed by atoms with van der Waals surface area (Å²) in [5.74, 6) is 1.71. The molecule has 0 aliphatic carbocycles. The molecule has 7 aromatic rings. The fraction of sp³-hybridized carbons (Fsp3) is 0.0714. The number of benzene rings is 6. The van der Waals surface area contributed by atoms with Gasteiger partial charge in [0.05, 0.1) is 13.6 Å². The maximum absolute atomic E-state index is 9.00. The van der Waals surface area contributed by atoms with Gasteiger partial charge < -0.3 is 0 Å². The Balaban J connectivity index is 1.28. The lowest BCUT2D eigenvalue weighted by Crippen LogP contribution is -2.37. The van der Waals surface area contributed by atoms with Gasteiger partial charge in [0.25, 0.3) is 0 Å². The van der Waals surface area contributed by atoms with Crippen molar-refractivity contribution in [2.75, 3.05) is 0 Å². The van der Waals surface area contributed by atoms with Crippen LogP contribution < -0.4 is 5.19 Å². The molecule has 1 aromatic heterocycles. The molecule has 0 fully saturated rings. The van der Waals surface area contributed by atoms with Crippen molar-refractivity contribution in [2.24, 2.45) is 0 Å². The Morgan fingerprint density at radius 2 is 0.739 bits per heavy atom. The van der Waals surface area contributed by atoms with Crippen molar-refractivity contribution in [2.45, 2.75) is 19.6 Å². The van der Waals surface area contributed by atoms with Gasteiger partial charge in [-0.1, -0.05) is 170 Å². The molecule has 0 spiro atoms. The van der Waals surface area contributed by atoms with E-state index in [9.17, 15) is 0 Å². The second-order valence-corrected chi connectivity index (χ2v) is 17.4. The molecule has 1 heterocycles. The molecule has 3 nitrogen and oxygen atoms in total. The Labute approximate surface area is 278 Å². The van der Waals surface area contributed by atoms with Crippen LogP contribution in [0.2, 0.25) is 19.6 Å². The largest absolute Gasteiger partial charge is 0.208 e. The lowest BCUT2D eigenvalue weighted by molar-refractivity contribution is 1.07. The van der Waals surface area contributed by atoms with Crippen molar-refractivity contribution in [3.63, 3.8) is 0 Å². The molecule has 222 valence electrons. The van der Waals surface area contributed by atoms with Gasteiger partial charge in [0.1, 0.15) is 0 Å². The first-order valence-electron chi connectivity index (χ1n) is 17.4. The monoisotopic (exact) mass is 613 g/mol. The normalized spacial score (nSPS) is 12.6. The topological polar surface area (TPSA) is 38.7 Å². The zero-order valence-electron chi connectivity index (χ0n) is 30.0. The Bertz CT molecular complexity index is 2250.